The van der Waals surface area contributed by atoms with Crippen molar-refractivity contribution in [1.82, 2.24) is 15.1 Å². The Morgan fingerprint density at radius 3 is 2.35 bits per heavy atom. The van der Waals surface area contributed by atoms with Crippen LogP contribution in [0, 0.1) is 5.92 Å². The van der Waals surface area contributed by atoms with Gasteiger partial charge in [0.2, 0.25) is 5.91 Å². The van der Waals surface area contributed by atoms with Crippen LogP contribution in [-0.4, -0.2) is 52.8 Å². The molecule has 1 N–H and O–H groups in total. The molecule has 2 heterocycles. The summed E-state index contributed by atoms with van der Waals surface area (Å²) in [6.45, 7) is 3.55. The maximum Gasteiger partial charge on any atom is 0.325 e. The number of nitrogens with zero attached hydrogens (tertiary/aromatic N) is 2. The van der Waals surface area contributed by atoms with Crippen molar-refractivity contribution in [3.8, 4) is 0 Å². The Morgan fingerprint density at radius 2 is 1.74 bits per heavy atom. The van der Waals surface area contributed by atoms with E-state index in [-0.39, 0.29) is 18.4 Å². The average molecular weight is 321 g/mol. The molecule has 4 amide bonds. The highest BCUT2D eigenvalue weighted by Gasteiger charge is 2.52. The topological polar surface area (TPSA) is 69.7 Å². The lowest BCUT2D eigenvalue weighted by molar-refractivity contribution is -0.139. The van der Waals surface area contributed by atoms with Crippen molar-refractivity contribution in [1.29, 1.82) is 0 Å². The quantitative estimate of drug-likeness (QED) is 0.790. The van der Waals surface area contributed by atoms with E-state index in [0.29, 0.717) is 18.8 Å². The summed E-state index contributed by atoms with van der Waals surface area (Å²) in [7, 11) is 0. The molecule has 0 bridgehead atoms. The lowest BCUT2D eigenvalue weighted by Crippen LogP contribution is -2.50. The number of imide groups is 1. The molecule has 0 radical (unpaired) electrons. The van der Waals surface area contributed by atoms with Crippen LogP contribution in [0.25, 0.3) is 0 Å². The molecule has 1 aliphatic carbocycles. The van der Waals surface area contributed by atoms with Gasteiger partial charge >= 0.3 is 6.03 Å². The first-order chi connectivity index (χ1) is 11.0. The average Bonchev–Trinajstić information content (AvgIpc) is 2.75. The van der Waals surface area contributed by atoms with Crippen molar-refractivity contribution < 1.29 is 14.4 Å². The van der Waals surface area contributed by atoms with Gasteiger partial charge in [-0.05, 0) is 44.4 Å². The first-order valence-corrected chi connectivity index (χ1v) is 8.94. The van der Waals surface area contributed by atoms with Crippen LogP contribution in [0.2, 0.25) is 0 Å². The van der Waals surface area contributed by atoms with Crippen molar-refractivity contribution >= 4 is 17.8 Å². The Labute approximate surface area is 137 Å². The molecule has 0 aromatic rings. The van der Waals surface area contributed by atoms with E-state index in [9.17, 15) is 14.4 Å². The van der Waals surface area contributed by atoms with Crippen LogP contribution in [0.15, 0.2) is 0 Å². The van der Waals surface area contributed by atoms with E-state index in [4.69, 9.17) is 0 Å². The Hall–Kier alpha value is -1.59. The van der Waals surface area contributed by atoms with Crippen molar-refractivity contribution in [3.05, 3.63) is 0 Å². The van der Waals surface area contributed by atoms with Crippen LogP contribution in [0.1, 0.15) is 58.3 Å². The molecule has 3 fully saturated rings. The van der Waals surface area contributed by atoms with Gasteiger partial charge in [-0.1, -0.05) is 19.8 Å². The molecule has 0 atom stereocenters. The standard InChI is InChI=1S/C17H27N3O3/c1-13-6-8-17(9-7-13)15(22)20(16(23)18-17)12-14(21)19-10-4-2-3-5-11-19/h13H,2-12H2,1H3,(H,18,23). The second kappa shape index (κ2) is 6.49. The minimum Gasteiger partial charge on any atom is -0.341 e. The zero-order chi connectivity index (χ0) is 16.4. The van der Waals surface area contributed by atoms with E-state index >= 15 is 0 Å². The lowest BCUT2D eigenvalue weighted by atomic mass is 9.77. The molecule has 128 valence electrons. The summed E-state index contributed by atoms with van der Waals surface area (Å²) in [6.07, 6.45) is 7.57. The fourth-order valence-electron chi connectivity index (χ4n) is 3.97. The molecule has 0 aromatic heterocycles. The SMILES string of the molecule is CC1CCC2(CC1)NC(=O)N(CC(=O)N1CCCCCC1)C2=O. The van der Waals surface area contributed by atoms with Crippen LogP contribution in [0.4, 0.5) is 4.79 Å². The Bertz CT molecular complexity index is 489. The van der Waals surface area contributed by atoms with Gasteiger partial charge in [-0.15, -0.1) is 0 Å². The van der Waals surface area contributed by atoms with Crippen LogP contribution >= 0.6 is 0 Å². The van der Waals surface area contributed by atoms with E-state index in [1.807, 2.05) is 4.90 Å². The molecule has 2 aliphatic heterocycles. The van der Waals surface area contributed by atoms with E-state index in [1.54, 1.807) is 0 Å². The summed E-state index contributed by atoms with van der Waals surface area (Å²) >= 11 is 0. The molecule has 0 unspecified atom stereocenters. The highest BCUT2D eigenvalue weighted by atomic mass is 16.2. The highest BCUT2D eigenvalue weighted by molar-refractivity contribution is 6.09. The van der Waals surface area contributed by atoms with Gasteiger partial charge in [-0.3, -0.25) is 14.5 Å². The molecule has 0 aromatic carbocycles. The Morgan fingerprint density at radius 1 is 1.13 bits per heavy atom. The number of nitrogens with one attached hydrogen (secondary N) is 1. The number of amides is 4. The molecule has 1 saturated carbocycles. The minimum atomic E-state index is -0.747. The molecule has 23 heavy (non-hydrogen) atoms. The largest absolute Gasteiger partial charge is 0.341 e. The number of likely N-dealkylation sites (tertiary alicyclic amines) is 1. The van der Waals surface area contributed by atoms with Crippen molar-refractivity contribution in [3.63, 3.8) is 0 Å². The molecule has 6 heteroatoms. The number of hydrogen-bond acceptors (Lipinski definition) is 3. The minimum absolute atomic E-state index is 0.100. The van der Waals surface area contributed by atoms with Gasteiger partial charge in [0.1, 0.15) is 12.1 Å². The van der Waals surface area contributed by atoms with Crippen molar-refractivity contribution in [2.24, 2.45) is 5.92 Å². The predicted octanol–water partition coefficient (Wildman–Crippen LogP) is 1.89. The third kappa shape index (κ3) is 3.21. The molecular formula is C17H27N3O3. The maximum absolute atomic E-state index is 12.8. The second-order valence-corrected chi connectivity index (χ2v) is 7.38. The second-order valence-electron chi connectivity index (χ2n) is 7.38. The van der Waals surface area contributed by atoms with Gasteiger partial charge in [-0.25, -0.2) is 4.79 Å². The number of carbonyl (C=O) groups is 3. The van der Waals surface area contributed by atoms with E-state index in [2.05, 4.69) is 12.2 Å². The molecule has 2 saturated heterocycles. The summed E-state index contributed by atoms with van der Waals surface area (Å²) in [5, 5.41) is 2.88. The fraction of sp³-hybridized carbons (Fsp3) is 0.824. The number of urea groups is 1. The Kier molecular flexibility index (Phi) is 4.60. The zero-order valence-corrected chi connectivity index (χ0v) is 14.0. The summed E-state index contributed by atoms with van der Waals surface area (Å²) in [5.74, 6) is 0.298. The summed E-state index contributed by atoms with van der Waals surface area (Å²) in [5.41, 5.74) is -0.747. The van der Waals surface area contributed by atoms with E-state index < -0.39 is 11.6 Å². The van der Waals surface area contributed by atoms with Gasteiger partial charge in [0, 0.05) is 13.1 Å². The molecular weight excluding hydrogens is 294 g/mol. The van der Waals surface area contributed by atoms with E-state index in [0.717, 1.165) is 56.5 Å². The molecule has 6 nitrogen and oxygen atoms in total. The third-order valence-electron chi connectivity index (χ3n) is 5.63. The van der Waals surface area contributed by atoms with Gasteiger partial charge in [-0.2, -0.15) is 0 Å². The zero-order valence-electron chi connectivity index (χ0n) is 14.0. The van der Waals surface area contributed by atoms with Crippen LogP contribution in [0.5, 0.6) is 0 Å². The third-order valence-corrected chi connectivity index (χ3v) is 5.63. The summed E-state index contributed by atoms with van der Waals surface area (Å²) < 4.78 is 0. The number of rotatable bonds is 2. The first kappa shape index (κ1) is 16.3. The fourth-order valence-corrected chi connectivity index (χ4v) is 3.97. The van der Waals surface area contributed by atoms with Crippen LogP contribution in [0.3, 0.4) is 0 Å². The number of carbonyl (C=O) groups excluding carboxylic acids is 3. The number of hydrogen-bond donors (Lipinski definition) is 1. The summed E-state index contributed by atoms with van der Waals surface area (Å²) in [4.78, 5) is 40.4. The first-order valence-electron chi connectivity index (χ1n) is 8.94. The normalized spacial score (nSPS) is 32.1. The summed E-state index contributed by atoms with van der Waals surface area (Å²) in [6, 6.07) is -0.396. The van der Waals surface area contributed by atoms with Gasteiger partial charge in [0.15, 0.2) is 0 Å². The van der Waals surface area contributed by atoms with Gasteiger partial charge in [0.05, 0.1) is 0 Å². The predicted molar refractivity (Wildman–Crippen MR) is 85.7 cm³/mol. The van der Waals surface area contributed by atoms with Gasteiger partial charge < -0.3 is 10.2 Å². The van der Waals surface area contributed by atoms with Crippen LogP contribution < -0.4 is 5.32 Å². The lowest BCUT2D eigenvalue weighted by Gasteiger charge is -2.33. The van der Waals surface area contributed by atoms with Crippen molar-refractivity contribution in [2.75, 3.05) is 19.6 Å². The molecule has 3 aliphatic rings. The maximum atomic E-state index is 12.8. The van der Waals surface area contributed by atoms with Crippen LogP contribution in [-0.2, 0) is 9.59 Å². The molecule has 3 rings (SSSR count). The van der Waals surface area contributed by atoms with Crippen molar-refractivity contribution in [2.45, 2.75) is 63.8 Å². The molecule has 1 spiro atoms. The highest BCUT2D eigenvalue weighted by Crippen LogP contribution is 2.36. The van der Waals surface area contributed by atoms with E-state index in [1.165, 1.54) is 0 Å². The van der Waals surface area contributed by atoms with Gasteiger partial charge in [0.25, 0.3) is 5.91 Å². The Balaban J connectivity index is 1.64. The monoisotopic (exact) mass is 321 g/mol. The smallest absolute Gasteiger partial charge is 0.325 e.